The molecule has 8 nitrogen and oxygen atoms in total. The highest BCUT2D eigenvalue weighted by Gasteiger charge is 2.15. The van der Waals surface area contributed by atoms with Crippen LogP contribution in [0.4, 0.5) is 5.82 Å². The second-order valence-electron chi connectivity index (χ2n) is 8.37. The predicted molar refractivity (Wildman–Crippen MR) is 130 cm³/mol. The first-order chi connectivity index (χ1) is 15.3. The molecule has 0 aliphatic rings. The molecule has 172 valence electrons. The molecular formula is C23H32N6O2S. The summed E-state index contributed by atoms with van der Waals surface area (Å²) >= 11 is 1.48. The molecule has 0 unspecified atom stereocenters. The Labute approximate surface area is 193 Å². The van der Waals surface area contributed by atoms with Gasteiger partial charge in [-0.3, -0.25) is 4.79 Å². The van der Waals surface area contributed by atoms with E-state index in [1.165, 1.54) is 17.3 Å². The third-order valence-corrected chi connectivity index (χ3v) is 5.57. The molecule has 9 heteroatoms. The molecule has 32 heavy (non-hydrogen) atoms. The van der Waals surface area contributed by atoms with Gasteiger partial charge in [-0.05, 0) is 36.3 Å². The summed E-state index contributed by atoms with van der Waals surface area (Å²) in [6.45, 7) is 11.3. The first-order valence-electron chi connectivity index (χ1n) is 10.8. The third-order valence-electron chi connectivity index (χ3n) is 5.02. The van der Waals surface area contributed by atoms with Gasteiger partial charge in [-0.15, -0.1) is 0 Å². The zero-order chi connectivity index (χ0) is 23.1. The first kappa shape index (κ1) is 24.0. The number of ether oxygens (including phenoxy) is 1. The summed E-state index contributed by atoms with van der Waals surface area (Å²) < 4.78 is 7.19. The maximum absolute atomic E-state index is 12.5. The molecule has 0 atom stereocenters. The van der Waals surface area contributed by atoms with Gasteiger partial charge in [0.2, 0.25) is 0 Å². The summed E-state index contributed by atoms with van der Waals surface area (Å²) in [5, 5.41) is 12.3. The van der Waals surface area contributed by atoms with Gasteiger partial charge in [0.25, 0.3) is 5.91 Å². The number of rotatable bonds is 10. The van der Waals surface area contributed by atoms with Gasteiger partial charge in [0.15, 0.2) is 10.8 Å². The maximum Gasteiger partial charge on any atom is 0.251 e. The molecule has 0 radical (unpaired) electrons. The topological polar surface area (TPSA) is 94.0 Å². The van der Waals surface area contributed by atoms with E-state index >= 15 is 0 Å². The molecule has 0 spiro atoms. The minimum absolute atomic E-state index is 0.0599. The Bertz CT molecular complexity index is 1040. The van der Waals surface area contributed by atoms with E-state index in [0.29, 0.717) is 43.6 Å². The average molecular weight is 457 g/mol. The van der Waals surface area contributed by atoms with Crippen molar-refractivity contribution in [2.45, 2.75) is 44.8 Å². The lowest BCUT2D eigenvalue weighted by Crippen LogP contribution is -2.27. The zero-order valence-corrected chi connectivity index (χ0v) is 20.3. The fraction of sp³-hybridized carbons (Fsp3) is 0.478. The quantitative estimate of drug-likeness (QED) is 0.273. The van der Waals surface area contributed by atoms with E-state index in [1.807, 2.05) is 37.4 Å². The lowest BCUT2D eigenvalue weighted by Gasteiger charge is -2.19. The zero-order valence-electron chi connectivity index (χ0n) is 19.4. The monoisotopic (exact) mass is 456 g/mol. The van der Waals surface area contributed by atoms with Crippen LogP contribution in [0, 0.1) is 0 Å². The molecular weight excluding hydrogens is 424 g/mol. The molecule has 1 amide bonds. The number of anilines is 1. The Morgan fingerprint density at radius 2 is 1.91 bits per heavy atom. The van der Waals surface area contributed by atoms with Crippen molar-refractivity contribution in [3.8, 4) is 0 Å². The SMILES string of the molecule is CCOCCNc1nc(SC)nc2c1cnn2CCNC(=O)c1ccc(C(C)(C)C)cc1. The maximum atomic E-state index is 12.5. The number of hydrogen-bond acceptors (Lipinski definition) is 7. The number of nitrogens with one attached hydrogen (secondary N) is 2. The summed E-state index contributed by atoms with van der Waals surface area (Å²) in [5.41, 5.74) is 2.65. The van der Waals surface area contributed by atoms with Gasteiger partial charge in [-0.1, -0.05) is 44.7 Å². The summed E-state index contributed by atoms with van der Waals surface area (Å²) in [4.78, 5) is 21.7. The molecule has 3 aromatic rings. The number of fused-ring (bicyclic) bond motifs is 1. The molecule has 0 bridgehead atoms. The number of aromatic nitrogens is 4. The van der Waals surface area contributed by atoms with Gasteiger partial charge in [0.1, 0.15) is 5.82 Å². The van der Waals surface area contributed by atoms with Gasteiger partial charge in [0, 0.05) is 25.3 Å². The van der Waals surface area contributed by atoms with Crippen molar-refractivity contribution >= 4 is 34.5 Å². The van der Waals surface area contributed by atoms with Crippen molar-refractivity contribution in [3.05, 3.63) is 41.6 Å². The lowest BCUT2D eigenvalue weighted by molar-refractivity contribution is 0.0952. The predicted octanol–water partition coefficient (Wildman–Crippen LogP) is 3.72. The molecule has 0 saturated carbocycles. The number of carbonyl (C=O) groups is 1. The first-order valence-corrected chi connectivity index (χ1v) is 12.0. The van der Waals surface area contributed by atoms with Crippen molar-refractivity contribution in [2.24, 2.45) is 0 Å². The fourth-order valence-electron chi connectivity index (χ4n) is 3.21. The fourth-order valence-corrected chi connectivity index (χ4v) is 3.57. The molecule has 2 heterocycles. The van der Waals surface area contributed by atoms with Crippen molar-refractivity contribution < 1.29 is 9.53 Å². The van der Waals surface area contributed by atoms with E-state index < -0.39 is 0 Å². The van der Waals surface area contributed by atoms with Gasteiger partial charge >= 0.3 is 0 Å². The Balaban J connectivity index is 1.65. The van der Waals surface area contributed by atoms with Crippen LogP contribution >= 0.6 is 11.8 Å². The Morgan fingerprint density at radius 3 is 2.56 bits per heavy atom. The summed E-state index contributed by atoms with van der Waals surface area (Å²) in [5.74, 6) is 0.646. The van der Waals surface area contributed by atoms with Crippen molar-refractivity contribution in [3.63, 3.8) is 0 Å². The van der Waals surface area contributed by atoms with Crippen LogP contribution in [0.1, 0.15) is 43.6 Å². The van der Waals surface area contributed by atoms with Crippen molar-refractivity contribution in [1.82, 2.24) is 25.1 Å². The van der Waals surface area contributed by atoms with E-state index in [2.05, 4.69) is 46.5 Å². The van der Waals surface area contributed by atoms with Crippen molar-refractivity contribution in [1.29, 1.82) is 0 Å². The minimum atomic E-state index is -0.0976. The number of carbonyl (C=O) groups excluding carboxylic acids is 1. The van der Waals surface area contributed by atoms with Crippen LogP contribution in [-0.2, 0) is 16.7 Å². The second kappa shape index (κ2) is 10.8. The van der Waals surface area contributed by atoms with E-state index in [4.69, 9.17) is 4.74 Å². The van der Waals surface area contributed by atoms with Crippen LogP contribution in [-0.4, -0.2) is 58.2 Å². The Morgan fingerprint density at radius 1 is 1.16 bits per heavy atom. The highest BCUT2D eigenvalue weighted by Crippen LogP contribution is 2.24. The van der Waals surface area contributed by atoms with Crippen LogP contribution < -0.4 is 10.6 Å². The lowest BCUT2D eigenvalue weighted by atomic mass is 9.87. The van der Waals surface area contributed by atoms with Crippen LogP contribution in [0.15, 0.2) is 35.6 Å². The average Bonchev–Trinajstić information content (AvgIpc) is 3.19. The highest BCUT2D eigenvalue weighted by molar-refractivity contribution is 7.98. The van der Waals surface area contributed by atoms with E-state index in [1.54, 1.807) is 10.9 Å². The molecule has 0 aliphatic heterocycles. The summed E-state index contributed by atoms with van der Waals surface area (Å²) in [7, 11) is 0. The van der Waals surface area contributed by atoms with E-state index in [-0.39, 0.29) is 11.3 Å². The van der Waals surface area contributed by atoms with E-state index in [0.717, 1.165) is 16.9 Å². The normalized spacial score (nSPS) is 11.7. The second-order valence-corrected chi connectivity index (χ2v) is 9.14. The van der Waals surface area contributed by atoms with Crippen LogP contribution in [0.2, 0.25) is 0 Å². The van der Waals surface area contributed by atoms with Crippen LogP contribution in [0.3, 0.4) is 0 Å². The number of amides is 1. The molecule has 0 saturated heterocycles. The molecule has 1 aromatic carbocycles. The summed E-state index contributed by atoms with van der Waals surface area (Å²) in [6.07, 6.45) is 3.70. The standard InChI is InChI=1S/C23H32N6O2S/c1-6-31-14-12-24-19-18-15-26-29(20(18)28-22(27-19)32-5)13-11-25-21(30)16-7-9-17(10-8-16)23(2,3)4/h7-10,15H,6,11-14H2,1-5H3,(H,25,30)(H,24,27,28). The molecule has 0 fully saturated rings. The molecule has 2 N–H and O–H groups in total. The third kappa shape index (κ3) is 5.98. The molecule has 3 rings (SSSR count). The van der Waals surface area contributed by atoms with Gasteiger partial charge in [-0.25, -0.2) is 14.6 Å². The molecule has 0 aliphatic carbocycles. The minimum Gasteiger partial charge on any atom is -0.380 e. The van der Waals surface area contributed by atoms with E-state index in [9.17, 15) is 4.79 Å². The number of nitrogens with zero attached hydrogens (tertiary/aromatic N) is 4. The smallest absolute Gasteiger partial charge is 0.251 e. The van der Waals surface area contributed by atoms with Crippen LogP contribution in [0.5, 0.6) is 0 Å². The summed E-state index contributed by atoms with van der Waals surface area (Å²) in [6, 6.07) is 7.77. The Hall–Kier alpha value is -2.65. The van der Waals surface area contributed by atoms with Gasteiger partial charge < -0.3 is 15.4 Å². The number of hydrogen-bond donors (Lipinski definition) is 2. The van der Waals surface area contributed by atoms with Gasteiger partial charge in [-0.2, -0.15) is 5.10 Å². The largest absolute Gasteiger partial charge is 0.380 e. The number of thioether (sulfide) groups is 1. The van der Waals surface area contributed by atoms with Crippen LogP contribution in [0.25, 0.3) is 11.0 Å². The Kier molecular flexibility index (Phi) is 8.09. The van der Waals surface area contributed by atoms with Crippen molar-refractivity contribution in [2.75, 3.05) is 37.9 Å². The molecule has 2 aromatic heterocycles. The van der Waals surface area contributed by atoms with Gasteiger partial charge in [0.05, 0.1) is 24.7 Å². The number of benzene rings is 1. The highest BCUT2D eigenvalue weighted by atomic mass is 32.2.